The molecule has 196 valence electrons. The van der Waals surface area contributed by atoms with Gasteiger partial charge < -0.3 is 19.7 Å². The zero-order chi connectivity index (χ0) is 26.3. The van der Waals surface area contributed by atoms with Crippen molar-refractivity contribution < 1.29 is 31.9 Å². The van der Waals surface area contributed by atoms with Crippen LogP contribution in [0.5, 0.6) is 11.5 Å². The Kier molecular flexibility index (Phi) is 9.14. The fourth-order valence-electron chi connectivity index (χ4n) is 3.87. The molecule has 0 saturated heterocycles. The smallest absolute Gasteiger partial charge is 0.244 e. The number of ether oxygens (including phenoxy) is 2. The number of anilines is 1. The normalized spacial score (nSPS) is 13.2. The molecule has 1 N–H and O–H groups in total. The van der Waals surface area contributed by atoms with Crippen molar-refractivity contribution >= 4 is 27.5 Å². The van der Waals surface area contributed by atoms with Crippen LogP contribution < -0.4 is 19.1 Å². The average Bonchev–Trinajstić information content (AvgIpc) is 3.31. The van der Waals surface area contributed by atoms with Gasteiger partial charge in [-0.2, -0.15) is 0 Å². The van der Waals surface area contributed by atoms with Crippen molar-refractivity contribution in [2.45, 2.75) is 45.7 Å². The molecule has 0 fully saturated rings. The minimum absolute atomic E-state index is 0.0115. The van der Waals surface area contributed by atoms with Gasteiger partial charge in [0.05, 0.1) is 11.9 Å². The number of fused-ring (bicyclic) bond motifs is 1. The van der Waals surface area contributed by atoms with E-state index in [1.54, 1.807) is 13.0 Å². The number of carbonyl (C=O) groups excluding carboxylic acids is 2. The van der Waals surface area contributed by atoms with E-state index in [0.717, 1.165) is 23.4 Å². The number of benzene rings is 2. The first-order valence-electron chi connectivity index (χ1n) is 11.8. The molecule has 0 saturated carbocycles. The van der Waals surface area contributed by atoms with Crippen LogP contribution in [0.1, 0.15) is 38.7 Å². The van der Waals surface area contributed by atoms with E-state index < -0.39 is 34.3 Å². The summed E-state index contributed by atoms with van der Waals surface area (Å²) in [5.41, 5.74) is 0.843. The van der Waals surface area contributed by atoms with Crippen LogP contribution in [0.4, 0.5) is 10.1 Å². The van der Waals surface area contributed by atoms with Crippen molar-refractivity contribution in [3.05, 3.63) is 53.8 Å². The Balaban J connectivity index is 1.91. The van der Waals surface area contributed by atoms with Crippen molar-refractivity contribution in [2.24, 2.45) is 0 Å². The Labute approximate surface area is 211 Å². The highest BCUT2D eigenvalue weighted by atomic mass is 32.2. The second kappa shape index (κ2) is 12.1. The molecule has 1 unspecified atom stereocenters. The van der Waals surface area contributed by atoms with Crippen LogP contribution in [0.15, 0.2) is 42.5 Å². The fraction of sp³-hybridized carbons (Fsp3) is 0.440. The summed E-state index contributed by atoms with van der Waals surface area (Å²) in [5, 5.41) is 2.85. The second-order valence-electron chi connectivity index (χ2n) is 8.52. The van der Waals surface area contributed by atoms with Gasteiger partial charge in [0.15, 0.2) is 11.5 Å². The van der Waals surface area contributed by atoms with E-state index in [0.29, 0.717) is 30.0 Å². The number of rotatable bonds is 12. The van der Waals surface area contributed by atoms with Gasteiger partial charge in [0.2, 0.25) is 28.6 Å². The summed E-state index contributed by atoms with van der Waals surface area (Å²) in [6, 6.07) is 9.37. The Morgan fingerprint density at radius 3 is 2.42 bits per heavy atom. The van der Waals surface area contributed by atoms with E-state index in [9.17, 15) is 22.4 Å². The lowest BCUT2D eigenvalue weighted by Gasteiger charge is -2.33. The van der Waals surface area contributed by atoms with E-state index in [2.05, 4.69) is 5.32 Å². The minimum atomic E-state index is -3.87. The third-order valence-corrected chi connectivity index (χ3v) is 6.95. The molecule has 9 nitrogen and oxygen atoms in total. The van der Waals surface area contributed by atoms with E-state index in [1.807, 2.05) is 6.92 Å². The maximum Gasteiger partial charge on any atom is 0.244 e. The Morgan fingerprint density at radius 1 is 1.08 bits per heavy atom. The summed E-state index contributed by atoms with van der Waals surface area (Å²) in [6.07, 6.45) is 3.01. The molecule has 0 spiro atoms. The monoisotopic (exact) mass is 521 g/mol. The van der Waals surface area contributed by atoms with Gasteiger partial charge in [-0.05, 0) is 42.7 Å². The maximum atomic E-state index is 13.6. The lowest BCUT2D eigenvalue weighted by molar-refractivity contribution is -0.140. The number of amides is 2. The van der Waals surface area contributed by atoms with E-state index in [-0.39, 0.29) is 24.9 Å². The van der Waals surface area contributed by atoms with E-state index in [4.69, 9.17) is 9.47 Å². The third kappa shape index (κ3) is 6.87. The van der Waals surface area contributed by atoms with Crippen LogP contribution in [0.2, 0.25) is 0 Å². The van der Waals surface area contributed by atoms with Crippen molar-refractivity contribution in [2.75, 3.05) is 30.4 Å². The van der Waals surface area contributed by atoms with Gasteiger partial charge in [-0.3, -0.25) is 13.9 Å². The van der Waals surface area contributed by atoms with Crippen molar-refractivity contribution in [3.8, 4) is 11.5 Å². The molecular weight excluding hydrogens is 489 g/mol. The molecule has 0 aliphatic carbocycles. The Bertz CT molecular complexity index is 1170. The van der Waals surface area contributed by atoms with Gasteiger partial charge in [-0.25, -0.2) is 12.8 Å². The van der Waals surface area contributed by atoms with Gasteiger partial charge >= 0.3 is 0 Å². The summed E-state index contributed by atoms with van der Waals surface area (Å²) in [4.78, 5) is 28.0. The number of nitrogens with zero attached hydrogens (tertiary/aromatic N) is 2. The molecule has 36 heavy (non-hydrogen) atoms. The van der Waals surface area contributed by atoms with Crippen LogP contribution in [-0.4, -0.2) is 57.3 Å². The molecule has 0 aromatic heterocycles. The quantitative estimate of drug-likeness (QED) is 0.431. The third-order valence-electron chi connectivity index (χ3n) is 5.80. The average molecular weight is 522 g/mol. The molecule has 2 aromatic carbocycles. The highest BCUT2D eigenvalue weighted by molar-refractivity contribution is 7.92. The number of nitrogens with one attached hydrogen (secondary N) is 1. The molecule has 0 radical (unpaired) electrons. The van der Waals surface area contributed by atoms with Crippen LogP contribution in [0.3, 0.4) is 0 Å². The predicted octanol–water partition coefficient (Wildman–Crippen LogP) is 3.04. The highest BCUT2D eigenvalue weighted by Crippen LogP contribution is 2.36. The van der Waals surface area contributed by atoms with Crippen LogP contribution in [-0.2, 0) is 26.2 Å². The topological polar surface area (TPSA) is 105 Å². The van der Waals surface area contributed by atoms with Gasteiger partial charge in [-0.1, -0.05) is 32.4 Å². The number of halogens is 1. The van der Waals surface area contributed by atoms with Gasteiger partial charge in [0.1, 0.15) is 18.4 Å². The number of hydrogen-bond donors (Lipinski definition) is 1. The summed E-state index contributed by atoms with van der Waals surface area (Å²) in [6.45, 7) is 3.76. The van der Waals surface area contributed by atoms with Crippen LogP contribution >= 0.6 is 0 Å². The molecule has 2 amide bonds. The minimum Gasteiger partial charge on any atom is -0.454 e. The van der Waals surface area contributed by atoms with Gasteiger partial charge in [0.25, 0.3) is 0 Å². The van der Waals surface area contributed by atoms with Gasteiger partial charge in [0, 0.05) is 19.2 Å². The second-order valence-corrected chi connectivity index (χ2v) is 10.4. The molecule has 1 atom stereocenters. The summed E-state index contributed by atoms with van der Waals surface area (Å²) < 4.78 is 50.5. The first kappa shape index (κ1) is 27.3. The molecule has 3 rings (SSSR count). The molecule has 1 heterocycles. The lowest BCUT2D eigenvalue weighted by Crippen LogP contribution is -2.52. The molecular formula is C25H32FN3O6S. The Morgan fingerprint density at radius 2 is 1.78 bits per heavy atom. The maximum absolute atomic E-state index is 13.6. The van der Waals surface area contributed by atoms with E-state index >= 15 is 0 Å². The zero-order valence-corrected chi connectivity index (χ0v) is 21.5. The largest absolute Gasteiger partial charge is 0.454 e. The number of carbonyl (C=O) groups is 2. The Hall–Kier alpha value is -3.34. The van der Waals surface area contributed by atoms with Crippen molar-refractivity contribution in [1.82, 2.24) is 10.2 Å². The fourth-order valence-corrected chi connectivity index (χ4v) is 4.71. The first-order chi connectivity index (χ1) is 17.1. The number of hydrogen-bond acceptors (Lipinski definition) is 6. The molecule has 1 aliphatic rings. The highest BCUT2D eigenvalue weighted by Gasteiger charge is 2.32. The van der Waals surface area contributed by atoms with Crippen molar-refractivity contribution in [1.29, 1.82) is 0 Å². The summed E-state index contributed by atoms with van der Waals surface area (Å²) in [5.74, 6) is -0.466. The van der Waals surface area contributed by atoms with E-state index in [1.165, 1.54) is 41.3 Å². The summed E-state index contributed by atoms with van der Waals surface area (Å²) in [7, 11) is -3.87. The predicted molar refractivity (Wildman–Crippen MR) is 134 cm³/mol. The SMILES string of the molecule is CCCCNC(=O)C(CC)N(Cc1ccc(F)cc1)C(=O)CN(c1ccc2c(c1)OCO2)S(C)(=O)=O. The van der Waals surface area contributed by atoms with Crippen molar-refractivity contribution in [3.63, 3.8) is 0 Å². The number of sulfonamides is 1. The molecule has 2 aromatic rings. The summed E-state index contributed by atoms with van der Waals surface area (Å²) >= 11 is 0. The van der Waals surface area contributed by atoms with Crippen LogP contribution in [0, 0.1) is 5.82 Å². The molecule has 11 heteroatoms. The molecule has 0 bridgehead atoms. The standard InChI is InChI=1S/C25H32FN3O6S/c1-4-6-13-27-25(31)21(5-2)28(15-18-7-9-19(26)10-8-18)24(30)16-29(36(3,32)33)20-11-12-22-23(14-20)35-17-34-22/h7-12,14,21H,4-6,13,15-17H2,1-3H3,(H,27,31). The lowest BCUT2D eigenvalue weighted by atomic mass is 10.1. The molecule has 1 aliphatic heterocycles. The van der Waals surface area contributed by atoms with Gasteiger partial charge in [-0.15, -0.1) is 0 Å². The van der Waals surface area contributed by atoms with Crippen LogP contribution in [0.25, 0.3) is 0 Å². The zero-order valence-electron chi connectivity index (χ0n) is 20.7. The number of unbranched alkanes of at least 4 members (excludes halogenated alkanes) is 1. The first-order valence-corrected chi connectivity index (χ1v) is 13.7.